The van der Waals surface area contributed by atoms with Crippen LogP contribution in [0.5, 0.6) is 0 Å². The van der Waals surface area contributed by atoms with Crippen LogP contribution in [0.4, 0.5) is 81.0 Å². The van der Waals surface area contributed by atoms with E-state index in [9.17, 15) is 38.5 Å². The van der Waals surface area contributed by atoms with Crippen LogP contribution in [0.3, 0.4) is 0 Å². The Bertz CT molecular complexity index is 6490. The number of hydrogen-bond donors (Lipinski definition) is 8. The number of imide groups is 1. The molecule has 16 aromatic rings. The van der Waals surface area contributed by atoms with Crippen LogP contribution in [0.2, 0.25) is 5.15 Å². The second kappa shape index (κ2) is 37.8. The molecule has 1 aliphatic heterocycles. The molecule has 592 valence electrons. The quantitative estimate of drug-likeness (QED) is 0.0188. The molecule has 12 heterocycles. The molecule has 0 saturated carbocycles. The van der Waals surface area contributed by atoms with E-state index >= 15 is 4.39 Å². The van der Waals surface area contributed by atoms with Gasteiger partial charge >= 0.3 is 0 Å². The highest BCUT2D eigenvalue weighted by Crippen LogP contribution is 2.35. The highest BCUT2D eigenvalue weighted by molar-refractivity contribution is 6.29. The zero-order valence-corrected chi connectivity index (χ0v) is 64.5. The lowest BCUT2D eigenvalue weighted by Gasteiger charge is -2.24. The summed E-state index contributed by atoms with van der Waals surface area (Å²) in [6, 6.07) is 70.9. The van der Waals surface area contributed by atoms with Crippen LogP contribution in [-0.2, 0) is 0 Å². The molecule has 0 aliphatic carbocycles. The van der Waals surface area contributed by atoms with Crippen molar-refractivity contribution in [3.05, 3.63) is 347 Å². The van der Waals surface area contributed by atoms with Gasteiger partial charge in [0.25, 0.3) is 11.8 Å². The van der Waals surface area contributed by atoms with Crippen LogP contribution < -0.4 is 43.0 Å². The van der Waals surface area contributed by atoms with Crippen molar-refractivity contribution in [2.75, 3.05) is 50.3 Å². The number of pyridine rings is 11. The summed E-state index contributed by atoms with van der Waals surface area (Å²) in [5.41, 5.74) is 14.8. The van der Waals surface area contributed by atoms with Gasteiger partial charge < -0.3 is 43.0 Å². The fourth-order valence-corrected chi connectivity index (χ4v) is 12.9. The van der Waals surface area contributed by atoms with Crippen LogP contribution in [0, 0.1) is 68.6 Å². The van der Waals surface area contributed by atoms with Crippen molar-refractivity contribution >= 4 is 131 Å². The standard InChI is InChI=1S/C30H20FN7O2.C23H19FN6.C22H18FN7.C15H8ClFN4/c31-23-15-19(16-32)27(35-20-10-11-24-18(14-20)6-5-13-33-24)37-28(23)36-26(25-9-3-4-12-34-25)17-38-29(39)21-7-1-2-8-22(21)30(38)40;1-2-19(21-7-3-4-10-27-21)29-23-18(24)13-16(14-25)22(30-23)28-17-8-9-20-15(12-17)6-5-11-26-20;23-17-11-15(12-24)21(28-16-6-7-18-14(10-16)4-3-9-26-18)30-22(17)29-20(13-25)19-5-1-2-8-27-19;16-14-12(17)7-10(8-18)15(21-14)20-11-3-4-13-9(6-11)2-1-5-19-13/h1-15,26H,17H2,(H2,35,36,37);3-13,19H,2H2,1H3,(H2,28,29,30);1-11,20H,13,25H2,(H2,28,29,30);1-7H,(H,20,21)/t26-;19-;20-;/m000./s1. The zero-order chi connectivity index (χ0) is 84.3. The summed E-state index contributed by atoms with van der Waals surface area (Å²) >= 11 is 5.66. The molecular formula is C90H65ClF4N24O2. The molecule has 5 aromatic carbocycles. The van der Waals surface area contributed by atoms with E-state index in [-0.39, 0.29) is 87.3 Å². The van der Waals surface area contributed by atoms with Gasteiger partial charge in [0.2, 0.25) is 0 Å². The Morgan fingerprint density at radius 2 is 0.669 bits per heavy atom. The summed E-state index contributed by atoms with van der Waals surface area (Å²) in [7, 11) is 0. The maximum absolute atomic E-state index is 15.2. The van der Waals surface area contributed by atoms with E-state index in [1.807, 2.05) is 165 Å². The first-order valence-electron chi connectivity index (χ1n) is 37.3. The summed E-state index contributed by atoms with van der Waals surface area (Å²) in [4.78, 5) is 74.2. The number of anilines is 11. The van der Waals surface area contributed by atoms with Crippen molar-refractivity contribution in [2.45, 2.75) is 31.5 Å². The Kier molecular flexibility index (Phi) is 25.3. The largest absolute Gasteiger partial charge is 0.359 e. The maximum atomic E-state index is 15.2. The molecule has 9 N–H and O–H groups in total. The van der Waals surface area contributed by atoms with E-state index in [0.717, 1.165) is 78.1 Å². The van der Waals surface area contributed by atoms with E-state index < -0.39 is 47.2 Å². The highest BCUT2D eigenvalue weighted by Gasteiger charge is 2.37. The number of nitrogens with zero attached hydrogens (tertiary/aromatic N) is 16. The molecule has 0 bridgehead atoms. The predicted octanol–water partition coefficient (Wildman–Crippen LogP) is 18.5. The number of carbonyl (C=O) groups is 2. The fourth-order valence-electron chi connectivity index (χ4n) is 12.8. The smallest absolute Gasteiger partial charge is 0.261 e. The van der Waals surface area contributed by atoms with Crippen molar-refractivity contribution < 1.29 is 27.2 Å². The minimum absolute atomic E-state index is 0.00377. The number of rotatable bonds is 21. The molecular weight excluding hydrogens is 1560 g/mol. The molecule has 0 spiro atoms. The van der Waals surface area contributed by atoms with Gasteiger partial charge in [-0.15, -0.1) is 0 Å². The van der Waals surface area contributed by atoms with Crippen molar-refractivity contribution in [2.24, 2.45) is 5.73 Å². The molecule has 17 rings (SSSR count). The third-order valence-corrected chi connectivity index (χ3v) is 19.0. The third kappa shape index (κ3) is 19.4. The number of nitrogens with one attached hydrogen (secondary N) is 7. The van der Waals surface area contributed by atoms with Gasteiger partial charge in [-0.3, -0.25) is 49.4 Å². The monoisotopic (exact) mass is 1620 g/mol. The van der Waals surface area contributed by atoms with Crippen molar-refractivity contribution in [3.63, 3.8) is 0 Å². The van der Waals surface area contributed by atoms with Crippen LogP contribution in [-0.4, -0.2) is 84.6 Å². The number of fused-ring (bicyclic) bond motifs is 5. The van der Waals surface area contributed by atoms with Gasteiger partial charge in [0, 0.05) is 94.2 Å². The zero-order valence-electron chi connectivity index (χ0n) is 63.7. The minimum Gasteiger partial charge on any atom is -0.359 e. The number of amides is 2. The van der Waals surface area contributed by atoms with Gasteiger partial charge in [0.15, 0.2) is 63.3 Å². The first-order chi connectivity index (χ1) is 59.0. The topological polar surface area (TPSA) is 385 Å². The predicted molar refractivity (Wildman–Crippen MR) is 454 cm³/mol. The van der Waals surface area contributed by atoms with Gasteiger partial charge in [-0.2, -0.15) is 21.0 Å². The highest BCUT2D eigenvalue weighted by atomic mass is 35.5. The maximum Gasteiger partial charge on any atom is 0.261 e. The number of carbonyl (C=O) groups excluding carboxylic acids is 2. The molecule has 0 unspecified atom stereocenters. The van der Waals surface area contributed by atoms with Gasteiger partial charge in [-0.25, -0.2) is 37.5 Å². The molecule has 11 aromatic heterocycles. The lowest BCUT2D eigenvalue weighted by molar-refractivity contribution is 0.0647. The minimum atomic E-state index is -0.794. The average Bonchev–Trinajstić information content (AvgIpc) is 1.63. The Morgan fingerprint density at radius 3 is 1.00 bits per heavy atom. The molecule has 2 amide bonds. The fraction of sp³-hybridized carbons (Fsp3) is 0.0778. The van der Waals surface area contributed by atoms with Crippen molar-refractivity contribution in [1.82, 2.24) is 59.7 Å². The number of hydrogen-bond acceptors (Lipinski definition) is 25. The number of nitrogens with two attached hydrogens (primary N) is 1. The number of aromatic nitrogens is 11. The lowest BCUT2D eigenvalue weighted by Crippen LogP contribution is -2.36. The van der Waals surface area contributed by atoms with Crippen LogP contribution in [0.1, 0.15) is 91.5 Å². The first kappa shape index (κ1) is 81.0. The van der Waals surface area contributed by atoms with E-state index in [1.54, 1.807) is 110 Å². The molecule has 26 nitrogen and oxygen atoms in total. The number of nitriles is 4. The number of halogens is 5. The molecule has 3 atom stereocenters. The molecule has 0 radical (unpaired) electrons. The second-order valence-electron chi connectivity index (χ2n) is 26.7. The van der Waals surface area contributed by atoms with Crippen LogP contribution in [0.25, 0.3) is 43.6 Å². The molecule has 1 aliphatic rings. The Morgan fingerprint density at radius 1 is 0.364 bits per heavy atom. The molecule has 0 fully saturated rings. The van der Waals surface area contributed by atoms with Crippen molar-refractivity contribution in [3.8, 4) is 24.3 Å². The van der Waals surface area contributed by atoms with E-state index in [0.29, 0.717) is 46.0 Å². The van der Waals surface area contributed by atoms with Gasteiger partial charge in [0.05, 0.1) is 97.2 Å². The van der Waals surface area contributed by atoms with Gasteiger partial charge in [-0.1, -0.05) is 73.1 Å². The normalized spacial score (nSPS) is 11.9. The van der Waals surface area contributed by atoms with Crippen LogP contribution >= 0.6 is 11.6 Å². The van der Waals surface area contributed by atoms with E-state index in [2.05, 4.69) is 92.0 Å². The Balaban J connectivity index is 0.000000135. The summed E-state index contributed by atoms with van der Waals surface area (Å²) in [5.74, 6) is -2.86. The van der Waals surface area contributed by atoms with Gasteiger partial charge in [0.1, 0.15) is 30.1 Å². The van der Waals surface area contributed by atoms with Crippen molar-refractivity contribution in [1.29, 1.82) is 21.0 Å². The first-order valence-corrected chi connectivity index (χ1v) is 37.6. The second-order valence-corrected chi connectivity index (χ2v) is 27.0. The Labute approximate surface area is 693 Å². The van der Waals surface area contributed by atoms with E-state index in [1.165, 1.54) is 6.07 Å². The third-order valence-electron chi connectivity index (χ3n) is 18.8. The molecule has 0 saturated heterocycles. The SMILES string of the molecule is CC[C@H](Nc1nc(Nc2ccc3ncccc3c2)c(C#N)cc1F)c1ccccn1.N#Cc1cc(F)c(Cl)nc1Nc1ccc2ncccc2c1.N#Cc1cc(F)c(N[C@@H](CN)c2ccccn2)nc1Nc1ccc2ncccc2c1.N#Cc1cc(F)c(N[C@@H](CN2C(=O)c3ccccc3C2=O)c2ccccn2)nc1Nc1ccc2ncccc2c1. The van der Waals surface area contributed by atoms with E-state index in [4.69, 9.17) is 22.6 Å². The van der Waals surface area contributed by atoms with Gasteiger partial charge in [-0.05, 0) is 176 Å². The lowest BCUT2D eigenvalue weighted by atomic mass is 10.1. The van der Waals surface area contributed by atoms with Crippen LogP contribution in [0.15, 0.2) is 268 Å². The summed E-state index contributed by atoms with van der Waals surface area (Å²) in [5, 5.41) is 62.4. The number of benzene rings is 5. The molecule has 121 heavy (non-hydrogen) atoms. The average molecular weight is 1630 g/mol. The summed E-state index contributed by atoms with van der Waals surface area (Å²) in [6.07, 6.45) is 12.5. The summed E-state index contributed by atoms with van der Waals surface area (Å²) < 4.78 is 57.8. The Hall–Kier alpha value is -16.5. The molecule has 31 heteroatoms. The summed E-state index contributed by atoms with van der Waals surface area (Å²) in [6.45, 7) is 2.06.